The number of nitrogens with zero attached hydrogens (tertiary/aromatic N) is 1. The van der Waals surface area contributed by atoms with Crippen LogP contribution in [0.15, 0.2) is 10.6 Å². The van der Waals surface area contributed by atoms with Crippen LogP contribution in [0.3, 0.4) is 0 Å². The fourth-order valence-corrected chi connectivity index (χ4v) is 0.880. The second-order valence-corrected chi connectivity index (χ2v) is 3.71. The maximum Gasteiger partial charge on any atom is 0.206 e. The third-order valence-corrected chi connectivity index (χ3v) is 1.69. The number of hydrogen-bond donors (Lipinski definition) is 1. The fraction of sp³-hybridized carbons (Fsp3) is 0.625. The topological polar surface area (TPSA) is 26.0 Å². The predicted molar refractivity (Wildman–Crippen MR) is 48.0 cm³/mol. The minimum Gasteiger partial charge on any atom is -0.444 e. The molecule has 3 heteroatoms. The van der Waals surface area contributed by atoms with Gasteiger partial charge < -0.3 is 4.42 Å². The molecule has 1 rings (SSSR count). The monoisotopic (exact) mass is 171 g/mol. The predicted octanol–water partition coefficient (Wildman–Crippen LogP) is 2.79. The van der Waals surface area contributed by atoms with E-state index in [4.69, 9.17) is 4.42 Å². The molecule has 2 nitrogen and oxygen atoms in total. The van der Waals surface area contributed by atoms with E-state index in [0.29, 0.717) is 11.8 Å². The van der Waals surface area contributed by atoms with Gasteiger partial charge in [-0.15, -0.1) is 0 Å². The summed E-state index contributed by atoms with van der Waals surface area (Å²) >= 11 is 4.21. The summed E-state index contributed by atoms with van der Waals surface area (Å²) in [6, 6.07) is 0. The van der Waals surface area contributed by atoms with Crippen LogP contribution in [0.5, 0.6) is 0 Å². The highest BCUT2D eigenvalue weighted by molar-refractivity contribution is 7.80. The van der Waals surface area contributed by atoms with E-state index in [9.17, 15) is 0 Å². The summed E-state index contributed by atoms with van der Waals surface area (Å²) in [7, 11) is 0. The largest absolute Gasteiger partial charge is 0.444 e. The van der Waals surface area contributed by atoms with Gasteiger partial charge in [-0.3, -0.25) is 0 Å². The summed E-state index contributed by atoms with van der Waals surface area (Å²) in [5, 5.41) is 0.0856. The van der Waals surface area contributed by atoms with Crippen molar-refractivity contribution in [3.63, 3.8) is 0 Å². The number of rotatable bonds is 2. The first kappa shape index (κ1) is 8.65. The normalized spacial score (nSPS) is 13.9. The lowest BCUT2D eigenvalue weighted by Crippen LogP contribution is -1.83. The molecule has 0 saturated carbocycles. The Kier molecular flexibility index (Phi) is 2.60. The van der Waals surface area contributed by atoms with Crippen molar-refractivity contribution in [1.82, 2.24) is 4.98 Å². The molecule has 1 unspecified atom stereocenters. The molecule has 11 heavy (non-hydrogen) atoms. The van der Waals surface area contributed by atoms with Crippen molar-refractivity contribution in [2.45, 2.75) is 31.9 Å². The van der Waals surface area contributed by atoms with Crippen LogP contribution in [0.2, 0.25) is 0 Å². The Morgan fingerprint density at radius 1 is 1.45 bits per heavy atom. The summed E-state index contributed by atoms with van der Waals surface area (Å²) in [6.45, 7) is 6.10. The van der Waals surface area contributed by atoms with Crippen molar-refractivity contribution in [2.24, 2.45) is 0 Å². The molecule has 0 aliphatic rings. The van der Waals surface area contributed by atoms with Crippen LogP contribution in [-0.4, -0.2) is 4.98 Å². The third-order valence-electron chi connectivity index (χ3n) is 1.47. The average molecular weight is 171 g/mol. The number of aromatic nitrogens is 1. The van der Waals surface area contributed by atoms with Gasteiger partial charge >= 0.3 is 0 Å². The standard InChI is InChI=1S/C8H13NOS/c1-5(2)7-4-9-8(10-7)6(3)11/h4-6,11H,1-3H3. The Hall–Kier alpha value is -0.440. The second kappa shape index (κ2) is 3.30. The smallest absolute Gasteiger partial charge is 0.206 e. The summed E-state index contributed by atoms with van der Waals surface area (Å²) < 4.78 is 5.42. The van der Waals surface area contributed by atoms with E-state index in [1.54, 1.807) is 6.20 Å². The first-order valence-electron chi connectivity index (χ1n) is 3.75. The summed E-state index contributed by atoms with van der Waals surface area (Å²) in [4.78, 5) is 4.09. The van der Waals surface area contributed by atoms with Crippen LogP contribution in [-0.2, 0) is 0 Å². The Balaban J connectivity index is 2.82. The summed E-state index contributed by atoms with van der Waals surface area (Å²) in [6.07, 6.45) is 1.77. The first-order chi connectivity index (χ1) is 5.11. The molecule has 0 spiro atoms. The van der Waals surface area contributed by atoms with Crippen molar-refractivity contribution in [2.75, 3.05) is 0 Å². The van der Waals surface area contributed by atoms with Gasteiger partial charge in [0.05, 0.1) is 11.4 Å². The lowest BCUT2D eigenvalue weighted by molar-refractivity contribution is 0.441. The van der Waals surface area contributed by atoms with Crippen molar-refractivity contribution in [3.05, 3.63) is 17.8 Å². The summed E-state index contributed by atoms with van der Waals surface area (Å²) in [5.74, 6) is 2.04. The van der Waals surface area contributed by atoms with Gasteiger partial charge in [0.1, 0.15) is 5.76 Å². The van der Waals surface area contributed by atoms with E-state index in [1.165, 1.54) is 0 Å². The highest BCUT2D eigenvalue weighted by Crippen LogP contribution is 2.22. The van der Waals surface area contributed by atoms with Gasteiger partial charge in [-0.05, 0) is 6.92 Å². The van der Waals surface area contributed by atoms with Crippen LogP contribution in [0, 0.1) is 0 Å². The van der Waals surface area contributed by atoms with Gasteiger partial charge in [0.15, 0.2) is 0 Å². The van der Waals surface area contributed by atoms with Crippen molar-refractivity contribution in [1.29, 1.82) is 0 Å². The molecule has 0 saturated heterocycles. The van der Waals surface area contributed by atoms with E-state index in [1.807, 2.05) is 6.92 Å². The van der Waals surface area contributed by atoms with Gasteiger partial charge in [-0.25, -0.2) is 4.98 Å². The van der Waals surface area contributed by atoms with Gasteiger partial charge in [0, 0.05) is 5.92 Å². The quantitative estimate of drug-likeness (QED) is 0.692. The SMILES string of the molecule is CC(C)c1cnc(C(C)S)o1. The van der Waals surface area contributed by atoms with Crippen LogP contribution >= 0.6 is 12.6 Å². The van der Waals surface area contributed by atoms with E-state index < -0.39 is 0 Å². The first-order valence-corrected chi connectivity index (χ1v) is 4.26. The molecule has 0 radical (unpaired) electrons. The Morgan fingerprint density at radius 2 is 2.09 bits per heavy atom. The molecule has 1 atom stereocenters. The molecule has 62 valence electrons. The van der Waals surface area contributed by atoms with E-state index >= 15 is 0 Å². The number of thiol groups is 1. The van der Waals surface area contributed by atoms with E-state index in [-0.39, 0.29) is 5.25 Å². The van der Waals surface area contributed by atoms with Gasteiger partial charge in [0.25, 0.3) is 0 Å². The van der Waals surface area contributed by atoms with Crippen LogP contribution in [0.4, 0.5) is 0 Å². The lowest BCUT2D eigenvalue weighted by atomic mass is 10.2. The molecule has 1 heterocycles. The number of hydrogen-bond acceptors (Lipinski definition) is 3. The fourth-order valence-electron chi connectivity index (χ4n) is 0.761. The van der Waals surface area contributed by atoms with Gasteiger partial charge in [-0.2, -0.15) is 12.6 Å². The molecule has 0 bridgehead atoms. The number of oxazole rings is 1. The molecule has 0 aliphatic heterocycles. The van der Waals surface area contributed by atoms with Crippen molar-refractivity contribution >= 4 is 12.6 Å². The van der Waals surface area contributed by atoms with Crippen molar-refractivity contribution < 1.29 is 4.42 Å². The average Bonchev–Trinajstić information content (AvgIpc) is 2.33. The van der Waals surface area contributed by atoms with Crippen LogP contribution in [0.1, 0.15) is 43.6 Å². The Bertz CT molecular complexity index is 207. The zero-order valence-electron chi connectivity index (χ0n) is 7.03. The maximum absolute atomic E-state index is 5.42. The Morgan fingerprint density at radius 3 is 2.36 bits per heavy atom. The molecular formula is C8H13NOS. The highest BCUT2D eigenvalue weighted by Gasteiger charge is 2.09. The second-order valence-electron chi connectivity index (χ2n) is 2.93. The van der Waals surface area contributed by atoms with Gasteiger partial charge in [-0.1, -0.05) is 13.8 Å². The molecule has 0 N–H and O–H groups in total. The van der Waals surface area contributed by atoms with Crippen LogP contribution in [0.25, 0.3) is 0 Å². The zero-order valence-corrected chi connectivity index (χ0v) is 7.93. The lowest BCUT2D eigenvalue weighted by Gasteiger charge is -1.98. The van der Waals surface area contributed by atoms with Crippen molar-refractivity contribution in [3.8, 4) is 0 Å². The van der Waals surface area contributed by atoms with E-state index in [2.05, 4.69) is 31.5 Å². The zero-order chi connectivity index (χ0) is 8.43. The van der Waals surface area contributed by atoms with Gasteiger partial charge in [0.2, 0.25) is 5.89 Å². The molecule has 0 aliphatic carbocycles. The highest BCUT2D eigenvalue weighted by atomic mass is 32.1. The maximum atomic E-state index is 5.42. The molecular weight excluding hydrogens is 158 g/mol. The molecule has 0 fully saturated rings. The minimum atomic E-state index is 0.0856. The van der Waals surface area contributed by atoms with Crippen LogP contribution < -0.4 is 0 Å². The van der Waals surface area contributed by atoms with E-state index in [0.717, 1.165) is 5.76 Å². The minimum absolute atomic E-state index is 0.0856. The molecule has 1 aromatic rings. The molecule has 0 aromatic carbocycles. The molecule has 1 aromatic heterocycles. The Labute approximate surface area is 72.4 Å². The third kappa shape index (κ3) is 1.99. The molecule has 0 amide bonds. The summed E-state index contributed by atoms with van der Waals surface area (Å²) in [5.41, 5.74) is 0.